The Labute approximate surface area is 90.7 Å². The summed E-state index contributed by atoms with van der Waals surface area (Å²) in [5.41, 5.74) is 0. The van der Waals surface area contributed by atoms with E-state index in [1.165, 1.54) is 0 Å². The van der Waals surface area contributed by atoms with Crippen LogP contribution in [0.15, 0.2) is 0 Å². The molecule has 5 heteroatoms. The van der Waals surface area contributed by atoms with Gasteiger partial charge in [-0.15, -0.1) is 0 Å². The number of hydrogen-bond acceptors (Lipinski definition) is 3. The van der Waals surface area contributed by atoms with E-state index in [-0.39, 0.29) is 12.3 Å². The molecule has 0 aromatic rings. The van der Waals surface area contributed by atoms with Crippen molar-refractivity contribution in [2.45, 2.75) is 19.8 Å². The van der Waals surface area contributed by atoms with Crippen LogP contribution < -0.4 is 0 Å². The molecule has 0 atom stereocenters. The van der Waals surface area contributed by atoms with E-state index in [0.717, 1.165) is 0 Å². The van der Waals surface area contributed by atoms with Crippen LogP contribution in [0.4, 0.5) is 0 Å². The van der Waals surface area contributed by atoms with Gasteiger partial charge in [0, 0.05) is 20.0 Å². The van der Waals surface area contributed by atoms with Crippen LogP contribution in [-0.4, -0.2) is 60.5 Å². The van der Waals surface area contributed by atoms with Crippen LogP contribution >= 0.6 is 0 Å². The minimum Gasteiger partial charge on any atom is -0.481 e. The van der Waals surface area contributed by atoms with E-state index in [1.807, 2.05) is 18.9 Å². The van der Waals surface area contributed by atoms with Crippen LogP contribution in [0, 0.1) is 0 Å². The first-order chi connectivity index (χ1) is 6.97. The molecule has 15 heavy (non-hydrogen) atoms. The van der Waals surface area contributed by atoms with Gasteiger partial charge in [0.2, 0.25) is 5.91 Å². The normalized spacial score (nSPS) is 10.4. The number of carbonyl (C=O) groups excluding carboxylic acids is 1. The molecular weight excluding hydrogens is 196 g/mol. The zero-order valence-corrected chi connectivity index (χ0v) is 9.69. The summed E-state index contributed by atoms with van der Waals surface area (Å²) in [5.74, 6) is -0.726. The van der Waals surface area contributed by atoms with Gasteiger partial charge in [0.25, 0.3) is 0 Å². The van der Waals surface area contributed by atoms with Gasteiger partial charge < -0.3 is 10.0 Å². The number of aliphatic carboxylic acids is 1. The van der Waals surface area contributed by atoms with Crippen molar-refractivity contribution in [3.63, 3.8) is 0 Å². The molecule has 0 aliphatic carbocycles. The van der Waals surface area contributed by atoms with E-state index >= 15 is 0 Å². The first-order valence-electron chi connectivity index (χ1n) is 5.11. The largest absolute Gasteiger partial charge is 0.481 e. The molecule has 1 amide bonds. The second kappa shape index (κ2) is 7.23. The third kappa shape index (κ3) is 6.90. The molecular formula is C10H20N2O3. The van der Waals surface area contributed by atoms with Gasteiger partial charge in [-0.3, -0.25) is 14.5 Å². The zero-order valence-electron chi connectivity index (χ0n) is 9.69. The predicted molar refractivity (Wildman–Crippen MR) is 57.7 cm³/mol. The Hall–Kier alpha value is -1.10. The quantitative estimate of drug-likeness (QED) is 0.663. The fraction of sp³-hybridized carbons (Fsp3) is 0.800. The third-order valence-corrected chi connectivity index (χ3v) is 2.24. The second-order valence-electron chi connectivity index (χ2n) is 3.64. The van der Waals surface area contributed by atoms with Crippen molar-refractivity contribution in [2.24, 2.45) is 0 Å². The predicted octanol–water partition coefficient (Wildman–Crippen LogP) is 0.261. The van der Waals surface area contributed by atoms with Gasteiger partial charge in [-0.05, 0) is 26.9 Å². The van der Waals surface area contributed by atoms with Crippen LogP contribution in [0.5, 0.6) is 0 Å². The maximum atomic E-state index is 11.4. The number of rotatable bonds is 7. The number of nitrogens with zero attached hydrogens (tertiary/aromatic N) is 2. The molecule has 0 saturated carbocycles. The number of carboxylic acid groups (broad SMARTS) is 1. The summed E-state index contributed by atoms with van der Waals surface area (Å²) in [4.78, 5) is 25.2. The Morgan fingerprint density at radius 2 is 1.87 bits per heavy atom. The summed E-state index contributed by atoms with van der Waals surface area (Å²) in [5, 5.41) is 8.44. The first kappa shape index (κ1) is 13.9. The number of amides is 1. The molecule has 0 unspecified atom stereocenters. The second-order valence-corrected chi connectivity index (χ2v) is 3.64. The summed E-state index contributed by atoms with van der Waals surface area (Å²) >= 11 is 0. The lowest BCUT2D eigenvalue weighted by molar-refractivity contribution is -0.137. The standard InChI is InChI=1S/C10H20N2O3/c1-4-12(3)9(13)8-11(2)7-5-6-10(14)15/h4-8H2,1-3H3,(H,14,15). The lowest BCUT2D eigenvalue weighted by Crippen LogP contribution is -2.36. The van der Waals surface area contributed by atoms with Crippen molar-refractivity contribution in [1.29, 1.82) is 0 Å². The van der Waals surface area contributed by atoms with Crippen molar-refractivity contribution in [1.82, 2.24) is 9.80 Å². The van der Waals surface area contributed by atoms with Crippen LogP contribution in [0.1, 0.15) is 19.8 Å². The van der Waals surface area contributed by atoms with Crippen LogP contribution in [0.2, 0.25) is 0 Å². The smallest absolute Gasteiger partial charge is 0.303 e. The van der Waals surface area contributed by atoms with E-state index in [4.69, 9.17) is 5.11 Å². The minimum atomic E-state index is -0.791. The van der Waals surface area contributed by atoms with Gasteiger partial charge in [-0.1, -0.05) is 0 Å². The van der Waals surface area contributed by atoms with E-state index in [0.29, 0.717) is 26.1 Å². The van der Waals surface area contributed by atoms with Crippen LogP contribution in [0.3, 0.4) is 0 Å². The van der Waals surface area contributed by atoms with Gasteiger partial charge in [0.15, 0.2) is 0 Å². The van der Waals surface area contributed by atoms with E-state index in [2.05, 4.69) is 0 Å². The average Bonchev–Trinajstić information content (AvgIpc) is 2.15. The Bertz CT molecular complexity index is 219. The lowest BCUT2D eigenvalue weighted by atomic mass is 10.3. The number of likely N-dealkylation sites (N-methyl/N-ethyl adjacent to an activating group) is 2. The summed E-state index contributed by atoms with van der Waals surface area (Å²) in [6, 6.07) is 0. The molecule has 0 aliphatic heterocycles. The topological polar surface area (TPSA) is 60.9 Å². The molecule has 88 valence electrons. The van der Waals surface area contributed by atoms with Crippen LogP contribution in [-0.2, 0) is 9.59 Å². The molecule has 0 aromatic heterocycles. The van der Waals surface area contributed by atoms with E-state index in [1.54, 1.807) is 11.9 Å². The maximum Gasteiger partial charge on any atom is 0.303 e. The van der Waals surface area contributed by atoms with Crippen molar-refractivity contribution < 1.29 is 14.7 Å². The molecule has 5 nitrogen and oxygen atoms in total. The molecule has 0 rings (SSSR count). The maximum absolute atomic E-state index is 11.4. The Balaban J connectivity index is 3.68. The van der Waals surface area contributed by atoms with E-state index < -0.39 is 5.97 Å². The summed E-state index contributed by atoms with van der Waals surface area (Å²) in [6.07, 6.45) is 0.733. The molecule has 0 aromatic carbocycles. The van der Waals surface area contributed by atoms with Crippen LogP contribution in [0.25, 0.3) is 0 Å². The fourth-order valence-electron chi connectivity index (χ4n) is 1.11. The van der Waals surface area contributed by atoms with Crippen molar-refractivity contribution in [3.05, 3.63) is 0 Å². The molecule has 0 radical (unpaired) electrons. The Morgan fingerprint density at radius 3 is 2.33 bits per heavy atom. The van der Waals surface area contributed by atoms with E-state index in [9.17, 15) is 9.59 Å². The Morgan fingerprint density at radius 1 is 1.27 bits per heavy atom. The lowest BCUT2D eigenvalue weighted by Gasteiger charge is -2.20. The monoisotopic (exact) mass is 216 g/mol. The molecule has 0 spiro atoms. The molecule has 0 fully saturated rings. The average molecular weight is 216 g/mol. The highest BCUT2D eigenvalue weighted by Crippen LogP contribution is 1.94. The Kier molecular flexibility index (Phi) is 6.70. The molecule has 0 bridgehead atoms. The summed E-state index contributed by atoms with van der Waals surface area (Å²) in [6.45, 7) is 3.60. The first-order valence-corrected chi connectivity index (χ1v) is 5.11. The SMILES string of the molecule is CCN(C)C(=O)CN(C)CCCC(=O)O. The van der Waals surface area contributed by atoms with Gasteiger partial charge in [-0.2, -0.15) is 0 Å². The highest BCUT2D eigenvalue weighted by atomic mass is 16.4. The number of carbonyl (C=O) groups is 2. The highest BCUT2D eigenvalue weighted by Gasteiger charge is 2.09. The zero-order chi connectivity index (χ0) is 11.8. The minimum absolute atomic E-state index is 0.0651. The van der Waals surface area contributed by atoms with Crippen molar-refractivity contribution in [3.8, 4) is 0 Å². The summed E-state index contributed by atoms with van der Waals surface area (Å²) < 4.78 is 0. The summed E-state index contributed by atoms with van der Waals surface area (Å²) in [7, 11) is 3.58. The van der Waals surface area contributed by atoms with Gasteiger partial charge in [0.1, 0.15) is 0 Å². The highest BCUT2D eigenvalue weighted by molar-refractivity contribution is 5.77. The number of hydrogen-bond donors (Lipinski definition) is 1. The van der Waals surface area contributed by atoms with Crippen molar-refractivity contribution >= 4 is 11.9 Å². The third-order valence-electron chi connectivity index (χ3n) is 2.24. The molecule has 0 heterocycles. The fourth-order valence-corrected chi connectivity index (χ4v) is 1.11. The number of carboxylic acids is 1. The molecule has 0 saturated heterocycles. The molecule has 0 aliphatic rings. The van der Waals surface area contributed by atoms with Crippen molar-refractivity contribution in [2.75, 3.05) is 33.7 Å². The van der Waals surface area contributed by atoms with Gasteiger partial charge >= 0.3 is 5.97 Å². The van der Waals surface area contributed by atoms with Gasteiger partial charge in [0.05, 0.1) is 6.54 Å². The molecule has 1 N–H and O–H groups in total. The van der Waals surface area contributed by atoms with Gasteiger partial charge in [-0.25, -0.2) is 0 Å².